The quantitative estimate of drug-likeness (QED) is 0.222. The first-order valence-corrected chi connectivity index (χ1v) is 19.0. The molecule has 1 fully saturated rings. The monoisotopic (exact) mass is 514 g/mol. The van der Waals surface area contributed by atoms with Crippen LogP contribution in [0.3, 0.4) is 0 Å². The molecular weight excluding hydrogens is 465 g/mol. The Bertz CT molecular complexity index is 455. The summed E-state index contributed by atoms with van der Waals surface area (Å²) in [5.41, 5.74) is 0.931. The van der Waals surface area contributed by atoms with E-state index in [9.17, 15) is 0 Å². The molecule has 1 rings (SSSR count). The molecule has 0 amide bonds. The molecule has 30 heavy (non-hydrogen) atoms. The van der Waals surface area contributed by atoms with Crippen LogP contribution in [-0.2, 0) is 21.8 Å². The molecule has 6 heteroatoms. The Morgan fingerprint density at radius 1 is 0.800 bits per heavy atom. The Morgan fingerprint density at radius 2 is 1.23 bits per heavy atom. The van der Waals surface area contributed by atoms with Crippen LogP contribution >= 0.6 is 18.6 Å². The molecular formula is C24H50Cl2NOSiTi-. The molecule has 0 aromatic carbocycles. The topological polar surface area (TPSA) is 23.3 Å². The van der Waals surface area contributed by atoms with E-state index in [1.165, 1.54) is 31.7 Å². The normalized spacial score (nSPS) is 29.2. The van der Waals surface area contributed by atoms with Gasteiger partial charge in [-0.25, -0.2) is 0 Å². The molecule has 5 unspecified atom stereocenters. The molecule has 0 bridgehead atoms. The van der Waals surface area contributed by atoms with Crippen LogP contribution in [0.2, 0.25) is 18.1 Å². The molecule has 2 nitrogen and oxygen atoms in total. The van der Waals surface area contributed by atoms with Gasteiger partial charge in [-0.2, -0.15) is 0 Å². The van der Waals surface area contributed by atoms with Gasteiger partial charge in [-0.05, 0) is 50.9 Å². The molecule has 0 N–H and O–H groups in total. The second-order valence-electron chi connectivity index (χ2n) is 11.8. The SMILES string of the molecule is CC1C(C)C(C)C([Si](C)(CCCCCCOC(C)(C)C)[N-]C(C)(C)C)C1C.[Cl][Ti][Cl]. The Labute approximate surface area is 207 Å². The summed E-state index contributed by atoms with van der Waals surface area (Å²) < 4.78 is 5.87. The van der Waals surface area contributed by atoms with Crippen LogP contribution in [0.4, 0.5) is 0 Å². The van der Waals surface area contributed by atoms with E-state index in [1.54, 1.807) is 0 Å². The van der Waals surface area contributed by atoms with E-state index in [0.29, 0.717) is 0 Å². The molecule has 180 valence electrons. The number of halogens is 2. The van der Waals surface area contributed by atoms with E-state index in [1.807, 2.05) is 0 Å². The predicted molar refractivity (Wildman–Crippen MR) is 136 cm³/mol. The van der Waals surface area contributed by atoms with Gasteiger partial charge in [0.1, 0.15) is 0 Å². The van der Waals surface area contributed by atoms with E-state index >= 15 is 0 Å². The van der Waals surface area contributed by atoms with Gasteiger partial charge in [-0.15, -0.1) is 5.54 Å². The summed E-state index contributed by atoms with van der Waals surface area (Å²) in [6.07, 6.45) is 5.15. The van der Waals surface area contributed by atoms with Gasteiger partial charge in [0, 0.05) is 6.61 Å². The second-order valence-corrected chi connectivity index (χ2v) is 18.5. The van der Waals surface area contributed by atoms with E-state index in [0.717, 1.165) is 35.8 Å². The zero-order chi connectivity index (χ0) is 23.8. The van der Waals surface area contributed by atoms with Crippen molar-refractivity contribution in [2.45, 2.75) is 124 Å². The summed E-state index contributed by atoms with van der Waals surface area (Å²) in [6.45, 7) is 26.8. The Kier molecular flexibility index (Phi) is 14.6. The van der Waals surface area contributed by atoms with Crippen LogP contribution in [0.1, 0.15) is 94.9 Å². The first-order chi connectivity index (χ1) is 13.6. The van der Waals surface area contributed by atoms with Crippen LogP contribution in [0.25, 0.3) is 4.98 Å². The van der Waals surface area contributed by atoms with E-state index in [4.69, 9.17) is 28.3 Å². The average Bonchev–Trinajstić information content (AvgIpc) is 2.76. The van der Waals surface area contributed by atoms with Gasteiger partial charge >= 0.3 is 35.6 Å². The Morgan fingerprint density at radius 3 is 1.63 bits per heavy atom. The molecule has 0 radical (unpaired) electrons. The fourth-order valence-corrected chi connectivity index (χ4v) is 11.6. The van der Waals surface area contributed by atoms with Crippen molar-refractivity contribution in [2.24, 2.45) is 23.7 Å². The zero-order valence-electron chi connectivity index (χ0n) is 21.7. The number of rotatable bonds is 9. The van der Waals surface area contributed by atoms with E-state index in [2.05, 4.69) is 75.8 Å². The molecule has 0 aromatic heterocycles. The number of nitrogens with zero attached hydrogens (tertiary/aromatic N) is 1. The van der Waals surface area contributed by atoms with Gasteiger partial charge in [0.2, 0.25) is 0 Å². The summed E-state index contributed by atoms with van der Waals surface area (Å²) >= 11 is -0.556. The van der Waals surface area contributed by atoms with E-state index < -0.39 is 25.3 Å². The number of hydrogen-bond acceptors (Lipinski definition) is 1. The minimum absolute atomic E-state index is 0.000782. The standard InChI is InChI=1S/C24H50NOSi.2ClH.Ti/c1-18-19(2)21(4)22(20(18)3)27(11,25-23(5,6)7)17-15-13-12-14-16-26-24(8,9)10;;;/h18-22H,12-17H2,1-11H3;2*1H;/q-1;;;+2/p-2. The molecule has 5 atom stereocenters. The van der Waals surface area contributed by atoms with Crippen molar-refractivity contribution >= 4 is 26.8 Å². The Hall–Kier alpha value is 1.43. The van der Waals surface area contributed by atoms with Crippen LogP contribution in [0.5, 0.6) is 0 Å². The van der Waals surface area contributed by atoms with Gasteiger partial charge in [-0.1, -0.05) is 94.1 Å². The van der Waals surface area contributed by atoms with Gasteiger partial charge < -0.3 is 9.72 Å². The molecule has 0 spiro atoms. The summed E-state index contributed by atoms with van der Waals surface area (Å²) in [5, 5.41) is 0. The summed E-state index contributed by atoms with van der Waals surface area (Å²) in [5.74, 6) is 3.30. The van der Waals surface area contributed by atoms with Crippen molar-refractivity contribution in [3.63, 3.8) is 0 Å². The number of unbranched alkanes of at least 4 members (excludes halogenated alkanes) is 3. The maximum atomic E-state index is 5.87. The molecule has 1 aliphatic rings. The van der Waals surface area contributed by atoms with Gasteiger partial charge in [0.05, 0.1) is 5.60 Å². The molecule has 0 aromatic rings. The fourth-order valence-electron chi connectivity index (χ4n) is 5.60. The number of ether oxygens (including phenoxy) is 1. The van der Waals surface area contributed by atoms with Crippen LogP contribution in [0, 0.1) is 23.7 Å². The maximum absolute atomic E-state index is 5.87. The predicted octanol–water partition coefficient (Wildman–Crippen LogP) is 9.41. The average molecular weight is 516 g/mol. The van der Waals surface area contributed by atoms with Crippen molar-refractivity contribution in [3.8, 4) is 0 Å². The van der Waals surface area contributed by atoms with Gasteiger partial charge in [-0.3, -0.25) is 0 Å². The van der Waals surface area contributed by atoms with Crippen molar-refractivity contribution in [1.82, 2.24) is 0 Å². The van der Waals surface area contributed by atoms with Crippen LogP contribution < -0.4 is 0 Å². The van der Waals surface area contributed by atoms with E-state index in [-0.39, 0.29) is 11.1 Å². The fraction of sp³-hybridized carbons (Fsp3) is 1.00. The molecule has 0 saturated heterocycles. The van der Waals surface area contributed by atoms with Crippen LogP contribution in [0.15, 0.2) is 0 Å². The molecule has 0 aliphatic heterocycles. The zero-order valence-corrected chi connectivity index (χ0v) is 25.8. The van der Waals surface area contributed by atoms with Crippen molar-refractivity contribution in [2.75, 3.05) is 6.61 Å². The third kappa shape index (κ3) is 11.5. The van der Waals surface area contributed by atoms with Crippen LogP contribution in [-0.4, -0.2) is 26.0 Å². The summed E-state index contributed by atoms with van der Waals surface area (Å²) in [6, 6.07) is 1.36. The molecule has 1 aliphatic carbocycles. The van der Waals surface area contributed by atoms with Gasteiger partial charge in [0.15, 0.2) is 0 Å². The third-order valence-corrected chi connectivity index (χ3v) is 12.1. The van der Waals surface area contributed by atoms with Crippen molar-refractivity contribution in [3.05, 3.63) is 4.98 Å². The first-order valence-electron chi connectivity index (χ1n) is 11.9. The summed E-state index contributed by atoms with van der Waals surface area (Å²) in [4.78, 5) is 5.57. The molecule has 1 saturated carbocycles. The third-order valence-electron chi connectivity index (χ3n) is 7.04. The molecule has 0 heterocycles. The van der Waals surface area contributed by atoms with Crippen molar-refractivity contribution < 1.29 is 21.8 Å². The van der Waals surface area contributed by atoms with Gasteiger partial charge in [0.25, 0.3) is 0 Å². The first kappa shape index (κ1) is 31.4. The Balaban J connectivity index is 0.00000263. The van der Waals surface area contributed by atoms with Crippen molar-refractivity contribution in [1.29, 1.82) is 0 Å². The number of hydrogen-bond donors (Lipinski definition) is 0. The second kappa shape index (κ2) is 14.0. The minimum atomic E-state index is -1.67. The summed E-state index contributed by atoms with van der Waals surface area (Å²) in [7, 11) is 8.11.